The number of amides is 1. The van der Waals surface area contributed by atoms with Gasteiger partial charge < -0.3 is 5.32 Å². The molecule has 0 unspecified atom stereocenters. The number of hydrogen-bond donors (Lipinski definition) is 2. The summed E-state index contributed by atoms with van der Waals surface area (Å²) < 4.78 is 40.7. The molecule has 0 radical (unpaired) electrons. The van der Waals surface area contributed by atoms with E-state index in [1.54, 1.807) is 36.4 Å². The van der Waals surface area contributed by atoms with Crippen LogP contribution in [0.25, 0.3) is 0 Å². The second-order valence-corrected chi connectivity index (χ2v) is 7.77. The van der Waals surface area contributed by atoms with Crippen LogP contribution in [0, 0.1) is 5.82 Å². The fourth-order valence-electron chi connectivity index (χ4n) is 2.50. The van der Waals surface area contributed by atoms with E-state index in [4.69, 9.17) is 0 Å². The fraction of sp³-hybridized carbons (Fsp3) is 0.100. The third kappa shape index (κ3) is 5.21. The molecule has 1 amide bonds. The SMILES string of the molecule is O=C(NCc1cccc(S(=O)(=O)NCc2cccc(F)c2)c1)c1ccccn1. The van der Waals surface area contributed by atoms with E-state index in [2.05, 4.69) is 15.0 Å². The number of carbonyl (C=O) groups excluding carboxylic acids is 1. The standard InChI is InChI=1S/C20H18FN3O3S/c21-17-7-3-5-15(11-17)14-24-28(26,27)18-8-4-6-16(12-18)13-23-20(25)19-9-1-2-10-22-19/h1-12,24H,13-14H2,(H,23,25). The van der Waals surface area contributed by atoms with Crippen molar-refractivity contribution in [1.29, 1.82) is 0 Å². The molecule has 3 rings (SSSR count). The lowest BCUT2D eigenvalue weighted by Crippen LogP contribution is -2.25. The van der Waals surface area contributed by atoms with E-state index < -0.39 is 15.8 Å². The first kappa shape index (κ1) is 19.7. The van der Waals surface area contributed by atoms with Crippen molar-refractivity contribution < 1.29 is 17.6 Å². The molecule has 144 valence electrons. The number of sulfonamides is 1. The Labute approximate surface area is 162 Å². The summed E-state index contributed by atoms with van der Waals surface area (Å²) in [5, 5.41) is 2.70. The van der Waals surface area contributed by atoms with Gasteiger partial charge in [-0.1, -0.05) is 30.3 Å². The summed E-state index contributed by atoms with van der Waals surface area (Å²) in [6.45, 7) is 0.128. The average Bonchev–Trinajstić information content (AvgIpc) is 2.71. The Hall–Kier alpha value is -3.10. The molecule has 0 aliphatic heterocycles. The molecule has 2 aromatic carbocycles. The molecular formula is C20H18FN3O3S. The molecule has 0 aliphatic carbocycles. The molecule has 3 aromatic rings. The number of rotatable bonds is 7. The molecule has 0 atom stereocenters. The first-order valence-electron chi connectivity index (χ1n) is 8.46. The van der Waals surface area contributed by atoms with Gasteiger partial charge in [-0.2, -0.15) is 0 Å². The number of aromatic nitrogens is 1. The van der Waals surface area contributed by atoms with Gasteiger partial charge in [-0.25, -0.2) is 17.5 Å². The van der Waals surface area contributed by atoms with Crippen LogP contribution in [0.3, 0.4) is 0 Å². The molecule has 2 N–H and O–H groups in total. The van der Waals surface area contributed by atoms with Gasteiger partial charge in [-0.15, -0.1) is 0 Å². The first-order chi connectivity index (χ1) is 13.4. The highest BCUT2D eigenvalue weighted by molar-refractivity contribution is 7.89. The summed E-state index contributed by atoms with van der Waals surface area (Å²) in [7, 11) is -3.78. The lowest BCUT2D eigenvalue weighted by atomic mass is 10.2. The van der Waals surface area contributed by atoms with Crippen LogP contribution in [-0.2, 0) is 23.1 Å². The number of nitrogens with one attached hydrogen (secondary N) is 2. The molecule has 1 heterocycles. The fourth-order valence-corrected chi connectivity index (χ4v) is 3.59. The number of pyridine rings is 1. The summed E-state index contributed by atoms with van der Waals surface area (Å²) in [5.41, 5.74) is 1.42. The van der Waals surface area contributed by atoms with Crippen LogP contribution < -0.4 is 10.0 Å². The zero-order valence-corrected chi connectivity index (χ0v) is 15.6. The van der Waals surface area contributed by atoms with Crippen LogP contribution in [0.5, 0.6) is 0 Å². The second kappa shape index (κ2) is 8.73. The van der Waals surface area contributed by atoms with Crippen LogP contribution in [0.15, 0.2) is 77.8 Å². The first-order valence-corrected chi connectivity index (χ1v) is 9.95. The van der Waals surface area contributed by atoms with E-state index in [1.807, 2.05) is 0 Å². The van der Waals surface area contributed by atoms with Crippen molar-refractivity contribution in [2.75, 3.05) is 0 Å². The topological polar surface area (TPSA) is 88.2 Å². The lowest BCUT2D eigenvalue weighted by Gasteiger charge is -2.09. The highest BCUT2D eigenvalue weighted by Crippen LogP contribution is 2.13. The molecule has 0 saturated heterocycles. The quantitative estimate of drug-likeness (QED) is 0.639. The Kier molecular flexibility index (Phi) is 6.13. The molecule has 1 aromatic heterocycles. The highest BCUT2D eigenvalue weighted by atomic mass is 32.2. The minimum Gasteiger partial charge on any atom is -0.347 e. The Balaban J connectivity index is 1.65. The summed E-state index contributed by atoms with van der Waals surface area (Å²) in [6, 6.07) is 17.0. The predicted octanol–water partition coefficient (Wildman–Crippen LogP) is 2.63. The Morgan fingerprint density at radius 1 is 0.929 bits per heavy atom. The van der Waals surface area contributed by atoms with Gasteiger partial charge in [0, 0.05) is 19.3 Å². The third-order valence-electron chi connectivity index (χ3n) is 3.91. The van der Waals surface area contributed by atoms with Crippen LogP contribution in [-0.4, -0.2) is 19.3 Å². The normalized spacial score (nSPS) is 11.2. The summed E-state index contributed by atoms with van der Waals surface area (Å²) >= 11 is 0. The maximum absolute atomic E-state index is 13.2. The van der Waals surface area contributed by atoms with E-state index in [0.29, 0.717) is 11.1 Å². The number of benzene rings is 2. The van der Waals surface area contributed by atoms with Crippen molar-refractivity contribution in [2.24, 2.45) is 0 Å². The maximum Gasteiger partial charge on any atom is 0.270 e. The molecule has 0 spiro atoms. The number of hydrogen-bond acceptors (Lipinski definition) is 4. The van der Waals surface area contributed by atoms with Crippen molar-refractivity contribution >= 4 is 15.9 Å². The Bertz CT molecular complexity index is 1070. The van der Waals surface area contributed by atoms with Crippen molar-refractivity contribution in [2.45, 2.75) is 18.0 Å². The third-order valence-corrected chi connectivity index (χ3v) is 5.31. The number of halogens is 1. The van der Waals surface area contributed by atoms with E-state index >= 15 is 0 Å². The second-order valence-electron chi connectivity index (χ2n) is 6.00. The summed E-state index contributed by atoms with van der Waals surface area (Å²) in [5.74, 6) is -0.777. The van der Waals surface area contributed by atoms with Gasteiger partial charge in [0.25, 0.3) is 5.91 Å². The van der Waals surface area contributed by atoms with Crippen LogP contribution in [0.1, 0.15) is 21.6 Å². The molecule has 0 aliphatic rings. The van der Waals surface area contributed by atoms with Crippen LogP contribution in [0.4, 0.5) is 4.39 Å². The zero-order chi connectivity index (χ0) is 20.0. The van der Waals surface area contributed by atoms with Crippen molar-refractivity contribution in [3.05, 3.63) is 95.6 Å². The van der Waals surface area contributed by atoms with Crippen molar-refractivity contribution in [1.82, 2.24) is 15.0 Å². The van der Waals surface area contributed by atoms with Gasteiger partial charge in [0.1, 0.15) is 11.5 Å². The lowest BCUT2D eigenvalue weighted by molar-refractivity contribution is 0.0946. The van der Waals surface area contributed by atoms with Gasteiger partial charge >= 0.3 is 0 Å². The Morgan fingerprint density at radius 2 is 1.68 bits per heavy atom. The van der Waals surface area contributed by atoms with E-state index in [1.165, 1.54) is 36.5 Å². The van der Waals surface area contributed by atoms with Crippen molar-refractivity contribution in [3.63, 3.8) is 0 Å². The van der Waals surface area contributed by atoms with Gasteiger partial charge in [0.05, 0.1) is 4.90 Å². The Morgan fingerprint density at radius 3 is 2.39 bits per heavy atom. The van der Waals surface area contributed by atoms with E-state index in [9.17, 15) is 17.6 Å². The predicted molar refractivity (Wildman–Crippen MR) is 102 cm³/mol. The molecule has 0 fully saturated rings. The molecule has 8 heteroatoms. The largest absolute Gasteiger partial charge is 0.347 e. The van der Waals surface area contributed by atoms with Crippen LogP contribution >= 0.6 is 0 Å². The molecule has 28 heavy (non-hydrogen) atoms. The van der Waals surface area contributed by atoms with Gasteiger partial charge in [0.2, 0.25) is 10.0 Å². The van der Waals surface area contributed by atoms with E-state index in [0.717, 1.165) is 0 Å². The minimum absolute atomic E-state index is 0.0271. The molecular weight excluding hydrogens is 381 g/mol. The van der Waals surface area contributed by atoms with Gasteiger partial charge in [0.15, 0.2) is 0 Å². The molecule has 0 bridgehead atoms. The molecule has 6 nitrogen and oxygen atoms in total. The molecule has 0 saturated carbocycles. The monoisotopic (exact) mass is 399 g/mol. The van der Waals surface area contributed by atoms with Crippen LogP contribution in [0.2, 0.25) is 0 Å². The zero-order valence-electron chi connectivity index (χ0n) is 14.8. The summed E-state index contributed by atoms with van der Waals surface area (Å²) in [4.78, 5) is 16.1. The maximum atomic E-state index is 13.2. The van der Waals surface area contributed by atoms with Crippen molar-refractivity contribution in [3.8, 4) is 0 Å². The van der Waals surface area contributed by atoms with Gasteiger partial charge in [-0.05, 0) is 47.5 Å². The smallest absolute Gasteiger partial charge is 0.270 e. The van der Waals surface area contributed by atoms with E-state index in [-0.39, 0.29) is 29.6 Å². The van der Waals surface area contributed by atoms with Gasteiger partial charge in [-0.3, -0.25) is 9.78 Å². The number of carbonyl (C=O) groups is 1. The highest BCUT2D eigenvalue weighted by Gasteiger charge is 2.15. The average molecular weight is 399 g/mol. The summed E-state index contributed by atoms with van der Waals surface area (Å²) in [6.07, 6.45) is 1.52. The minimum atomic E-state index is -3.78. The number of nitrogens with zero attached hydrogens (tertiary/aromatic N) is 1.